The lowest BCUT2D eigenvalue weighted by molar-refractivity contribution is 0.0950. The monoisotopic (exact) mass is 298 g/mol. The lowest BCUT2D eigenvalue weighted by Gasteiger charge is -1.95. The standard InChI is InChI=1S/C15H14N4OS/c1-10-17-13(9-21-10)15(20)18-16-7-11-8-19(2)14-6-4-3-5-12(11)14/h3-9H,1-2H3,(H,18,20)/b16-7+. The number of nitrogens with zero attached hydrogens (tertiary/aromatic N) is 3. The van der Waals surface area contributed by atoms with Crippen molar-refractivity contribution < 1.29 is 4.79 Å². The fourth-order valence-corrected chi connectivity index (χ4v) is 2.75. The van der Waals surface area contributed by atoms with Crippen molar-refractivity contribution in [1.29, 1.82) is 0 Å². The smallest absolute Gasteiger partial charge is 0.290 e. The number of amides is 1. The first kappa shape index (κ1) is 13.5. The molecule has 6 heteroatoms. The van der Waals surface area contributed by atoms with Crippen molar-refractivity contribution in [3.05, 3.63) is 52.1 Å². The van der Waals surface area contributed by atoms with Crippen LogP contribution in [0.5, 0.6) is 0 Å². The second-order valence-electron chi connectivity index (χ2n) is 4.66. The van der Waals surface area contributed by atoms with Crippen LogP contribution in [0, 0.1) is 6.92 Å². The number of thiazole rings is 1. The molecule has 1 amide bonds. The Labute approximate surface area is 125 Å². The summed E-state index contributed by atoms with van der Waals surface area (Å²) in [7, 11) is 1.98. The summed E-state index contributed by atoms with van der Waals surface area (Å²) in [6.07, 6.45) is 3.63. The van der Waals surface area contributed by atoms with Gasteiger partial charge in [0, 0.05) is 35.1 Å². The van der Waals surface area contributed by atoms with Crippen LogP contribution in [0.3, 0.4) is 0 Å². The molecule has 2 aromatic heterocycles. The molecule has 0 radical (unpaired) electrons. The second-order valence-corrected chi connectivity index (χ2v) is 5.73. The first-order valence-electron chi connectivity index (χ1n) is 6.45. The fraction of sp³-hybridized carbons (Fsp3) is 0.133. The van der Waals surface area contributed by atoms with Gasteiger partial charge in [-0.3, -0.25) is 4.79 Å². The van der Waals surface area contributed by atoms with E-state index in [1.54, 1.807) is 11.6 Å². The Hall–Kier alpha value is -2.47. The van der Waals surface area contributed by atoms with Gasteiger partial charge in [0.2, 0.25) is 0 Å². The van der Waals surface area contributed by atoms with Gasteiger partial charge in [0.1, 0.15) is 5.69 Å². The molecule has 0 unspecified atom stereocenters. The number of hydrazone groups is 1. The van der Waals surface area contributed by atoms with E-state index < -0.39 is 0 Å². The number of fused-ring (bicyclic) bond motifs is 1. The van der Waals surface area contributed by atoms with Gasteiger partial charge in [-0.15, -0.1) is 11.3 Å². The van der Waals surface area contributed by atoms with E-state index in [1.807, 2.05) is 49.0 Å². The van der Waals surface area contributed by atoms with Crippen LogP contribution in [-0.4, -0.2) is 21.7 Å². The maximum absolute atomic E-state index is 11.8. The molecule has 0 fully saturated rings. The quantitative estimate of drug-likeness (QED) is 0.597. The van der Waals surface area contributed by atoms with E-state index in [9.17, 15) is 4.79 Å². The predicted molar refractivity (Wildman–Crippen MR) is 84.8 cm³/mol. The molecule has 0 aliphatic carbocycles. The molecule has 0 spiro atoms. The van der Waals surface area contributed by atoms with E-state index in [2.05, 4.69) is 15.5 Å². The molecular formula is C15H14N4OS. The zero-order chi connectivity index (χ0) is 14.8. The van der Waals surface area contributed by atoms with Gasteiger partial charge in [-0.05, 0) is 13.0 Å². The van der Waals surface area contributed by atoms with Gasteiger partial charge in [0.15, 0.2) is 0 Å². The van der Waals surface area contributed by atoms with Gasteiger partial charge in [-0.2, -0.15) is 5.10 Å². The molecule has 1 N–H and O–H groups in total. The Morgan fingerprint density at radius 2 is 2.24 bits per heavy atom. The van der Waals surface area contributed by atoms with Crippen LogP contribution >= 0.6 is 11.3 Å². The third-order valence-corrected chi connectivity index (χ3v) is 3.92. The highest BCUT2D eigenvalue weighted by Gasteiger charge is 2.08. The second kappa shape index (κ2) is 5.49. The van der Waals surface area contributed by atoms with Crippen molar-refractivity contribution in [3.63, 3.8) is 0 Å². The van der Waals surface area contributed by atoms with Crippen molar-refractivity contribution in [2.75, 3.05) is 0 Å². The summed E-state index contributed by atoms with van der Waals surface area (Å²) in [4.78, 5) is 15.9. The zero-order valence-corrected chi connectivity index (χ0v) is 12.5. The maximum atomic E-state index is 11.8. The van der Waals surface area contributed by atoms with Crippen LogP contribution in [0.4, 0.5) is 0 Å². The number of aromatic nitrogens is 2. The van der Waals surface area contributed by atoms with E-state index in [1.165, 1.54) is 11.3 Å². The van der Waals surface area contributed by atoms with Crippen LogP contribution in [0.15, 0.2) is 40.9 Å². The summed E-state index contributed by atoms with van der Waals surface area (Å²) in [5.41, 5.74) is 4.98. The first-order chi connectivity index (χ1) is 10.1. The number of hydrogen-bond acceptors (Lipinski definition) is 4. The van der Waals surface area contributed by atoms with Gasteiger partial charge in [0.25, 0.3) is 5.91 Å². The van der Waals surface area contributed by atoms with Gasteiger partial charge in [0.05, 0.1) is 11.2 Å². The van der Waals surface area contributed by atoms with E-state index in [0.29, 0.717) is 5.69 Å². The van der Waals surface area contributed by atoms with Crippen molar-refractivity contribution in [2.24, 2.45) is 12.1 Å². The molecular weight excluding hydrogens is 284 g/mol. The molecule has 3 rings (SSSR count). The average Bonchev–Trinajstić information content (AvgIpc) is 3.04. The molecule has 0 aliphatic rings. The van der Waals surface area contributed by atoms with Crippen molar-refractivity contribution in [2.45, 2.75) is 6.92 Å². The van der Waals surface area contributed by atoms with Crippen molar-refractivity contribution in [1.82, 2.24) is 15.0 Å². The summed E-state index contributed by atoms with van der Waals surface area (Å²) in [6, 6.07) is 8.05. The average molecular weight is 298 g/mol. The third-order valence-electron chi connectivity index (χ3n) is 3.15. The molecule has 3 aromatic rings. The Morgan fingerprint density at radius 1 is 1.43 bits per heavy atom. The number of nitrogens with one attached hydrogen (secondary N) is 1. The van der Waals surface area contributed by atoms with Gasteiger partial charge in [-0.1, -0.05) is 18.2 Å². The number of para-hydroxylation sites is 1. The van der Waals surface area contributed by atoms with Crippen LogP contribution in [0.25, 0.3) is 10.9 Å². The van der Waals surface area contributed by atoms with Crippen LogP contribution in [0.2, 0.25) is 0 Å². The fourth-order valence-electron chi connectivity index (χ4n) is 2.16. The molecule has 21 heavy (non-hydrogen) atoms. The number of benzene rings is 1. The molecule has 0 saturated heterocycles. The van der Waals surface area contributed by atoms with Crippen molar-refractivity contribution in [3.8, 4) is 0 Å². The van der Waals surface area contributed by atoms with Gasteiger partial charge >= 0.3 is 0 Å². The minimum Gasteiger partial charge on any atom is -0.350 e. The number of carbonyl (C=O) groups is 1. The van der Waals surface area contributed by atoms with Gasteiger partial charge in [-0.25, -0.2) is 10.4 Å². The Balaban J connectivity index is 1.78. The predicted octanol–water partition coefficient (Wildman–Crippen LogP) is 2.71. The van der Waals surface area contributed by atoms with Crippen LogP contribution < -0.4 is 5.43 Å². The highest BCUT2D eigenvalue weighted by Crippen LogP contribution is 2.18. The topological polar surface area (TPSA) is 59.3 Å². The summed E-state index contributed by atoms with van der Waals surface area (Å²) >= 11 is 1.44. The SMILES string of the molecule is Cc1nc(C(=O)N/N=C/c2cn(C)c3ccccc23)cs1. The molecule has 0 bridgehead atoms. The highest BCUT2D eigenvalue weighted by atomic mass is 32.1. The summed E-state index contributed by atoms with van der Waals surface area (Å²) in [5, 5.41) is 7.70. The molecule has 5 nitrogen and oxygen atoms in total. The maximum Gasteiger partial charge on any atom is 0.290 e. The number of carbonyl (C=O) groups excluding carboxylic acids is 1. The molecule has 0 saturated carbocycles. The zero-order valence-electron chi connectivity index (χ0n) is 11.7. The third kappa shape index (κ3) is 2.71. The summed E-state index contributed by atoms with van der Waals surface area (Å²) in [6.45, 7) is 1.86. The van der Waals surface area contributed by atoms with Gasteiger partial charge < -0.3 is 4.57 Å². The summed E-state index contributed by atoms with van der Waals surface area (Å²) in [5.74, 6) is -0.296. The molecule has 1 aromatic carbocycles. The van der Waals surface area contributed by atoms with E-state index in [-0.39, 0.29) is 5.91 Å². The highest BCUT2D eigenvalue weighted by molar-refractivity contribution is 7.09. The lowest BCUT2D eigenvalue weighted by atomic mass is 10.2. The van der Waals surface area contributed by atoms with E-state index >= 15 is 0 Å². The normalized spacial score (nSPS) is 11.3. The Morgan fingerprint density at radius 3 is 3.00 bits per heavy atom. The van der Waals surface area contributed by atoms with Crippen molar-refractivity contribution >= 4 is 34.4 Å². The molecule has 2 heterocycles. The minimum absolute atomic E-state index is 0.296. The van der Waals surface area contributed by atoms with E-state index in [4.69, 9.17) is 0 Å². The number of rotatable bonds is 3. The van der Waals surface area contributed by atoms with Crippen LogP contribution in [-0.2, 0) is 7.05 Å². The molecule has 0 atom stereocenters. The Kier molecular flexibility index (Phi) is 3.53. The molecule has 0 aliphatic heterocycles. The Bertz CT molecular complexity index is 831. The summed E-state index contributed by atoms with van der Waals surface area (Å²) < 4.78 is 2.03. The lowest BCUT2D eigenvalue weighted by Crippen LogP contribution is -2.17. The number of aryl methyl sites for hydroxylation is 2. The molecule has 106 valence electrons. The minimum atomic E-state index is -0.296. The van der Waals surface area contributed by atoms with E-state index in [0.717, 1.165) is 21.5 Å². The largest absolute Gasteiger partial charge is 0.350 e. The first-order valence-corrected chi connectivity index (χ1v) is 7.33. The number of hydrogen-bond donors (Lipinski definition) is 1. The van der Waals surface area contributed by atoms with Crippen LogP contribution in [0.1, 0.15) is 21.1 Å².